The number of carbonyl (C=O) groups is 2. The maximum absolute atomic E-state index is 12.2. The zero-order valence-corrected chi connectivity index (χ0v) is 13.4. The highest BCUT2D eigenvalue weighted by molar-refractivity contribution is 7.18. The molecule has 0 radical (unpaired) electrons. The topological polar surface area (TPSA) is 91.6 Å². The Morgan fingerprint density at radius 1 is 1.38 bits per heavy atom. The molecule has 7 nitrogen and oxygen atoms in total. The monoisotopic (exact) mass is 311 g/mol. The van der Waals surface area contributed by atoms with Crippen LogP contribution >= 0.6 is 11.3 Å². The van der Waals surface area contributed by atoms with Gasteiger partial charge in [-0.2, -0.15) is 0 Å². The van der Waals surface area contributed by atoms with Gasteiger partial charge in [-0.1, -0.05) is 11.3 Å². The Morgan fingerprint density at radius 2 is 2.00 bits per heavy atom. The van der Waals surface area contributed by atoms with Crippen LogP contribution < -0.4 is 16.0 Å². The van der Waals surface area contributed by atoms with Crippen LogP contribution in [-0.4, -0.2) is 54.9 Å². The van der Waals surface area contributed by atoms with E-state index in [2.05, 4.69) is 15.2 Å². The number of nitrogens with one attached hydrogen (secondary N) is 1. The highest BCUT2D eigenvalue weighted by atomic mass is 32.1. The van der Waals surface area contributed by atoms with E-state index < -0.39 is 6.04 Å². The van der Waals surface area contributed by atoms with Gasteiger partial charge < -0.3 is 20.9 Å². The number of aromatic nitrogens is 1. The van der Waals surface area contributed by atoms with E-state index in [1.807, 2.05) is 0 Å². The second-order valence-corrected chi connectivity index (χ2v) is 6.31. The predicted octanol–water partition coefficient (Wildman–Crippen LogP) is 0.532. The molecule has 0 aliphatic carbocycles. The molecule has 3 N–H and O–H groups in total. The van der Waals surface area contributed by atoms with Gasteiger partial charge in [0.25, 0.3) is 5.91 Å². The highest BCUT2D eigenvalue weighted by Gasteiger charge is 2.24. The van der Waals surface area contributed by atoms with Gasteiger partial charge in [0.2, 0.25) is 5.91 Å². The Kier molecular flexibility index (Phi) is 4.66. The van der Waals surface area contributed by atoms with Crippen molar-refractivity contribution in [1.82, 2.24) is 15.2 Å². The molecular formula is C13H21N5O2S. The first kappa shape index (κ1) is 15.6. The smallest absolute Gasteiger partial charge is 0.265 e. The summed E-state index contributed by atoms with van der Waals surface area (Å²) in [6.07, 6.45) is 2.27. The molecule has 1 aliphatic heterocycles. The number of thiazole rings is 1. The molecule has 2 amide bonds. The number of nitrogens with zero attached hydrogens (tertiary/aromatic N) is 3. The normalized spacial score (nSPS) is 15.9. The zero-order valence-electron chi connectivity index (χ0n) is 12.5. The molecule has 1 saturated heterocycles. The summed E-state index contributed by atoms with van der Waals surface area (Å²) in [5.41, 5.74) is 5.84. The van der Waals surface area contributed by atoms with Gasteiger partial charge in [-0.25, -0.2) is 4.98 Å². The minimum absolute atomic E-state index is 0.161. The van der Waals surface area contributed by atoms with Crippen LogP contribution in [0.25, 0.3) is 0 Å². The number of carbonyl (C=O) groups excluding carboxylic acids is 2. The van der Waals surface area contributed by atoms with E-state index in [1.54, 1.807) is 21.0 Å². The van der Waals surface area contributed by atoms with Crippen LogP contribution in [-0.2, 0) is 4.79 Å². The van der Waals surface area contributed by atoms with E-state index >= 15 is 0 Å². The van der Waals surface area contributed by atoms with Crippen molar-refractivity contribution >= 4 is 34.1 Å². The molecule has 21 heavy (non-hydrogen) atoms. The molecule has 8 heteroatoms. The number of nitrogen functional groups attached to an aromatic ring is 1. The molecule has 116 valence electrons. The van der Waals surface area contributed by atoms with E-state index in [9.17, 15) is 9.59 Å². The lowest BCUT2D eigenvalue weighted by Crippen LogP contribution is -2.44. The molecule has 1 aromatic rings. The molecule has 0 aromatic carbocycles. The van der Waals surface area contributed by atoms with Gasteiger partial charge in [0, 0.05) is 27.2 Å². The Hall–Kier alpha value is -1.83. The molecule has 0 bridgehead atoms. The van der Waals surface area contributed by atoms with E-state index in [-0.39, 0.29) is 17.6 Å². The summed E-state index contributed by atoms with van der Waals surface area (Å²) in [6.45, 7) is 3.55. The largest absolute Gasteiger partial charge is 0.382 e. The van der Waals surface area contributed by atoms with Gasteiger partial charge in [-0.05, 0) is 19.8 Å². The SMILES string of the molecule is CC(NC(=O)c1sc(N2CCCC2)nc1N)C(=O)N(C)C. The number of amides is 2. The first-order valence-electron chi connectivity index (χ1n) is 6.93. The number of hydrogen-bond donors (Lipinski definition) is 2. The van der Waals surface area contributed by atoms with Crippen LogP contribution in [0, 0.1) is 0 Å². The first-order chi connectivity index (χ1) is 9.90. The maximum atomic E-state index is 12.2. The summed E-state index contributed by atoms with van der Waals surface area (Å²) in [5.74, 6) is -0.284. The summed E-state index contributed by atoms with van der Waals surface area (Å²) in [4.78, 5) is 32.2. The van der Waals surface area contributed by atoms with Crippen LogP contribution in [0.2, 0.25) is 0 Å². The van der Waals surface area contributed by atoms with Crippen molar-refractivity contribution in [2.75, 3.05) is 37.8 Å². The van der Waals surface area contributed by atoms with E-state index in [1.165, 1.54) is 16.2 Å². The molecule has 2 rings (SSSR count). The van der Waals surface area contributed by atoms with Gasteiger partial charge in [0.15, 0.2) is 5.13 Å². The minimum atomic E-state index is -0.593. The Labute approximate surface area is 128 Å². The van der Waals surface area contributed by atoms with Gasteiger partial charge in [-0.15, -0.1) is 0 Å². The highest BCUT2D eigenvalue weighted by Crippen LogP contribution is 2.30. The summed E-state index contributed by atoms with van der Waals surface area (Å²) in [7, 11) is 3.30. The van der Waals surface area contributed by atoms with Crippen LogP contribution in [0.1, 0.15) is 29.4 Å². The van der Waals surface area contributed by atoms with Crippen LogP contribution in [0.15, 0.2) is 0 Å². The summed E-state index contributed by atoms with van der Waals surface area (Å²) in [5, 5.41) is 3.44. The van der Waals surface area contributed by atoms with Crippen molar-refractivity contribution < 1.29 is 9.59 Å². The van der Waals surface area contributed by atoms with Crippen molar-refractivity contribution in [3.05, 3.63) is 4.88 Å². The van der Waals surface area contributed by atoms with Gasteiger partial charge in [0.05, 0.1) is 0 Å². The number of rotatable bonds is 4. The lowest BCUT2D eigenvalue weighted by Gasteiger charge is -2.17. The second kappa shape index (κ2) is 6.30. The fourth-order valence-corrected chi connectivity index (χ4v) is 3.18. The molecule has 1 aliphatic rings. The lowest BCUT2D eigenvalue weighted by molar-refractivity contribution is -0.130. The Bertz CT molecular complexity index is 537. The van der Waals surface area contributed by atoms with Gasteiger partial charge >= 0.3 is 0 Å². The predicted molar refractivity (Wildman–Crippen MR) is 83.6 cm³/mol. The Morgan fingerprint density at radius 3 is 2.57 bits per heavy atom. The fraction of sp³-hybridized carbons (Fsp3) is 0.615. The van der Waals surface area contributed by atoms with Crippen molar-refractivity contribution in [2.45, 2.75) is 25.8 Å². The van der Waals surface area contributed by atoms with Crippen LogP contribution in [0.5, 0.6) is 0 Å². The third-order valence-electron chi connectivity index (χ3n) is 3.38. The average Bonchev–Trinajstić information content (AvgIpc) is 3.06. The van der Waals surface area contributed by atoms with Crippen molar-refractivity contribution in [3.8, 4) is 0 Å². The second-order valence-electron chi connectivity index (χ2n) is 5.33. The molecule has 1 fully saturated rings. The summed E-state index contributed by atoms with van der Waals surface area (Å²) in [6, 6.07) is -0.593. The molecule has 1 aromatic heterocycles. The van der Waals surface area contributed by atoms with Crippen LogP contribution in [0.3, 0.4) is 0 Å². The van der Waals surface area contributed by atoms with E-state index in [4.69, 9.17) is 5.73 Å². The summed E-state index contributed by atoms with van der Waals surface area (Å²) >= 11 is 1.28. The fourth-order valence-electron chi connectivity index (χ4n) is 2.24. The average molecular weight is 311 g/mol. The standard InChI is InChI=1S/C13H21N5O2S/c1-8(12(20)17(2)3)15-11(19)9-10(14)16-13(21-9)18-6-4-5-7-18/h8H,4-7,14H2,1-3H3,(H,15,19). The summed E-state index contributed by atoms with van der Waals surface area (Å²) < 4.78 is 0. The number of nitrogens with two attached hydrogens (primary N) is 1. The molecule has 1 unspecified atom stereocenters. The number of hydrogen-bond acceptors (Lipinski definition) is 6. The van der Waals surface area contributed by atoms with Gasteiger partial charge in [0.1, 0.15) is 16.7 Å². The number of likely N-dealkylation sites (N-methyl/N-ethyl adjacent to an activating group) is 1. The lowest BCUT2D eigenvalue weighted by atomic mass is 10.3. The molecule has 1 atom stereocenters. The quantitative estimate of drug-likeness (QED) is 0.846. The molecule has 0 saturated carbocycles. The third kappa shape index (κ3) is 3.44. The third-order valence-corrected chi connectivity index (χ3v) is 4.51. The molecule has 2 heterocycles. The van der Waals surface area contributed by atoms with Crippen molar-refractivity contribution in [1.29, 1.82) is 0 Å². The Balaban J connectivity index is 2.07. The van der Waals surface area contributed by atoms with E-state index in [0.717, 1.165) is 31.1 Å². The minimum Gasteiger partial charge on any atom is -0.382 e. The number of anilines is 2. The molecule has 0 spiro atoms. The maximum Gasteiger partial charge on any atom is 0.265 e. The zero-order chi connectivity index (χ0) is 15.6. The van der Waals surface area contributed by atoms with Crippen molar-refractivity contribution in [3.63, 3.8) is 0 Å². The van der Waals surface area contributed by atoms with Crippen molar-refractivity contribution in [2.24, 2.45) is 0 Å². The van der Waals surface area contributed by atoms with Crippen LogP contribution in [0.4, 0.5) is 10.9 Å². The molecular weight excluding hydrogens is 290 g/mol. The first-order valence-corrected chi connectivity index (χ1v) is 7.75. The van der Waals surface area contributed by atoms with E-state index in [0.29, 0.717) is 4.88 Å². The van der Waals surface area contributed by atoms with Gasteiger partial charge in [-0.3, -0.25) is 9.59 Å².